The van der Waals surface area contributed by atoms with Crippen LogP contribution in [0.1, 0.15) is 21.7 Å². The highest BCUT2D eigenvalue weighted by Crippen LogP contribution is 2.20. The number of hydrogen-bond acceptors (Lipinski definition) is 6. The zero-order chi connectivity index (χ0) is 16.1. The molecular formula is C15H17N3O4. The van der Waals surface area contributed by atoms with Crippen molar-refractivity contribution in [2.45, 2.75) is 13.8 Å². The Morgan fingerprint density at radius 1 is 1.32 bits per heavy atom. The topological polar surface area (TPSA) is 93.5 Å². The Morgan fingerprint density at radius 3 is 2.73 bits per heavy atom. The highest BCUT2D eigenvalue weighted by Gasteiger charge is 2.15. The fraction of sp³-hybridized carbons (Fsp3) is 0.267. The molecule has 0 atom stereocenters. The highest BCUT2D eigenvalue weighted by atomic mass is 16.5. The summed E-state index contributed by atoms with van der Waals surface area (Å²) in [5, 5.41) is 9.19. The predicted octanol–water partition coefficient (Wildman–Crippen LogP) is 2.13. The van der Waals surface area contributed by atoms with E-state index in [0.29, 0.717) is 22.8 Å². The highest BCUT2D eigenvalue weighted by molar-refractivity contribution is 5.99. The lowest BCUT2D eigenvalue weighted by molar-refractivity contribution is -0.114. The van der Waals surface area contributed by atoms with Crippen molar-refractivity contribution in [3.05, 3.63) is 41.2 Å². The van der Waals surface area contributed by atoms with Crippen LogP contribution < -0.4 is 10.6 Å². The smallest absolute Gasteiger partial charge is 0.340 e. The minimum Gasteiger partial charge on any atom is -0.465 e. The molecule has 7 heteroatoms. The number of rotatable bonds is 5. The van der Waals surface area contributed by atoms with E-state index in [1.807, 2.05) is 0 Å². The van der Waals surface area contributed by atoms with E-state index in [9.17, 15) is 9.59 Å². The van der Waals surface area contributed by atoms with Crippen molar-refractivity contribution in [3.63, 3.8) is 0 Å². The van der Waals surface area contributed by atoms with Gasteiger partial charge in [0.25, 0.3) is 0 Å². The number of esters is 1. The van der Waals surface area contributed by atoms with Crippen LogP contribution in [0.5, 0.6) is 0 Å². The van der Waals surface area contributed by atoms with Crippen LogP contribution in [0.3, 0.4) is 0 Å². The molecule has 1 heterocycles. The van der Waals surface area contributed by atoms with Gasteiger partial charge in [0.15, 0.2) is 5.82 Å². The lowest BCUT2D eigenvalue weighted by atomic mass is 10.1. The van der Waals surface area contributed by atoms with Gasteiger partial charge in [-0.3, -0.25) is 4.79 Å². The van der Waals surface area contributed by atoms with Gasteiger partial charge in [-0.1, -0.05) is 17.3 Å². The second kappa shape index (κ2) is 6.75. The number of ether oxygens (including phenoxy) is 1. The van der Waals surface area contributed by atoms with Gasteiger partial charge in [-0.15, -0.1) is 0 Å². The van der Waals surface area contributed by atoms with Crippen LogP contribution in [0.15, 0.2) is 28.8 Å². The molecule has 0 aliphatic heterocycles. The van der Waals surface area contributed by atoms with Crippen LogP contribution >= 0.6 is 0 Å². The normalized spacial score (nSPS) is 10.1. The van der Waals surface area contributed by atoms with Gasteiger partial charge in [-0.25, -0.2) is 4.79 Å². The molecule has 0 aliphatic rings. The van der Waals surface area contributed by atoms with Crippen LogP contribution in [0.2, 0.25) is 0 Å². The third-order valence-corrected chi connectivity index (χ3v) is 3.00. The zero-order valence-corrected chi connectivity index (χ0v) is 12.6. The van der Waals surface area contributed by atoms with E-state index in [0.717, 1.165) is 5.56 Å². The molecule has 0 spiro atoms. The summed E-state index contributed by atoms with van der Waals surface area (Å²) < 4.78 is 9.62. The van der Waals surface area contributed by atoms with Crippen molar-refractivity contribution in [3.8, 4) is 0 Å². The largest absolute Gasteiger partial charge is 0.465 e. The minimum absolute atomic E-state index is 0.0145. The second-order valence-electron chi connectivity index (χ2n) is 4.71. The summed E-state index contributed by atoms with van der Waals surface area (Å²) in [6.07, 6.45) is 0. The molecule has 2 aromatic rings. The first kappa shape index (κ1) is 15.6. The van der Waals surface area contributed by atoms with Crippen molar-refractivity contribution in [1.29, 1.82) is 0 Å². The number of anilines is 2. The number of benzene rings is 1. The van der Waals surface area contributed by atoms with Crippen molar-refractivity contribution >= 4 is 23.4 Å². The second-order valence-corrected chi connectivity index (χ2v) is 4.71. The van der Waals surface area contributed by atoms with Crippen molar-refractivity contribution in [2.24, 2.45) is 0 Å². The van der Waals surface area contributed by atoms with Gasteiger partial charge >= 0.3 is 5.97 Å². The number of hydrogen-bond donors (Lipinski definition) is 2. The maximum atomic E-state index is 11.9. The van der Waals surface area contributed by atoms with E-state index in [1.165, 1.54) is 7.11 Å². The van der Waals surface area contributed by atoms with Crippen LogP contribution in [0.25, 0.3) is 0 Å². The first-order valence-corrected chi connectivity index (χ1v) is 6.66. The maximum Gasteiger partial charge on any atom is 0.340 e. The Balaban J connectivity index is 2.03. The van der Waals surface area contributed by atoms with Gasteiger partial charge in [0.2, 0.25) is 5.91 Å². The molecule has 22 heavy (non-hydrogen) atoms. The summed E-state index contributed by atoms with van der Waals surface area (Å²) in [5.74, 6) is 0.204. The predicted molar refractivity (Wildman–Crippen MR) is 80.9 cm³/mol. The molecule has 0 fully saturated rings. The molecule has 0 aliphatic carbocycles. The Bertz CT molecular complexity index is 694. The number of carbonyl (C=O) groups excluding carboxylic acids is 2. The summed E-state index contributed by atoms with van der Waals surface area (Å²) in [5.41, 5.74) is 1.72. The van der Waals surface area contributed by atoms with Gasteiger partial charge in [0.05, 0.1) is 19.2 Å². The van der Waals surface area contributed by atoms with E-state index in [4.69, 9.17) is 9.26 Å². The number of aromatic nitrogens is 1. The van der Waals surface area contributed by atoms with Gasteiger partial charge < -0.3 is 19.9 Å². The molecule has 2 N–H and O–H groups in total. The molecule has 1 amide bonds. The zero-order valence-electron chi connectivity index (χ0n) is 12.6. The van der Waals surface area contributed by atoms with Crippen LogP contribution in [-0.2, 0) is 9.53 Å². The van der Waals surface area contributed by atoms with Gasteiger partial charge in [0, 0.05) is 11.8 Å². The first-order valence-electron chi connectivity index (χ1n) is 6.66. The van der Waals surface area contributed by atoms with Crippen LogP contribution in [-0.4, -0.2) is 30.7 Å². The molecule has 2 rings (SSSR count). The third kappa shape index (κ3) is 3.63. The summed E-state index contributed by atoms with van der Waals surface area (Å²) in [6, 6.07) is 6.93. The number of amides is 1. The number of methoxy groups -OCH3 is 1. The Hall–Kier alpha value is -2.83. The van der Waals surface area contributed by atoms with Crippen LogP contribution in [0.4, 0.5) is 11.5 Å². The summed E-state index contributed by atoms with van der Waals surface area (Å²) >= 11 is 0. The number of nitrogens with one attached hydrogen (secondary N) is 2. The summed E-state index contributed by atoms with van der Waals surface area (Å²) in [4.78, 5) is 23.7. The molecular weight excluding hydrogens is 286 g/mol. The summed E-state index contributed by atoms with van der Waals surface area (Å²) in [6.45, 7) is 3.52. The van der Waals surface area contributed by atoms with Gasteiger partial charge in [-0.05, 0) is 25.5 Å². The standard InChI is InChI=1S/C15H17N3O4/c1-9-5-4-6-11(14(9)15(20)21-3)16-8-13(19)17-12-7-10(2)22-18-12/h4-7,16H,8H2,1-3H3,(H,17,18,19). The van der Waals surface area contributed by atoms with Crippen molar-refractivity contribution < 1.29 is 18.8 Å². The summed E-state index contributed by atoms with van der Waals surface area (Å²) in [7, 11) is 1.32. The molecule has 0 saturated carbocycles. The first-order chi connectivity index (χ1) is 10.5. The molecule has 0 saturated heterocycles. The lowest BCUT2D eigenvalue weighted by Gasteiger charge is -2.12. The van der Waals surface area contributed by atoms with Gasteiger partial charge in [-0.2, -0.15) is 0 Å². The molecule has 1 aromatic carbocycles. The number of nitrogens with zero attached hydrogens (tertiary/aromatic N) is 1. The van der Waals surface area contributed by atoms with E-state index in [2.05, 4.69) is 15.8 Å². The fourth-order valence-electron chi connectivity index (χ4n) is 1.98. The minimum atomic E-state index is -0.451. The van der Waals surface area contributed by atoms with E-state index in [1.54, 1.807) is 38.1 Å². The molecule has 116 valence electrons. The number of aryl methyl sites for hydroxylation is 2. The van der Waals surface area contributed by atoms with Crippen LogP contribution in [0, 0.1) is 13.8 Å². The Labute approximate surface area is 127 Å². The average molecular weight is 303 g/mol. The number of carbonyl (C=O) groups is 2. The molecule has 1 aromatic heterocycles. The quantitative estimate of drug-likeness (QED) is 0.822. The fourth-order valence-corrected chi connectivity index (χ4v) is 1.98. The average Bonchev–Trinajstić information content (AvgIpc) is 2.89. The van der Waals surface area contributed by atoms with Crippen molar-refractivity contribution in [1.82, 2.24) is 5.16 Å². The lowest BCUT2D eigenvalue weighted by Crippen LogP contribution is -2.23. The SMILES string of the molecule is COC(=O)c1c(C)cccc1NCC(=O)Nc1cc(C)on1. The van der Waals surface area contributed by atoms with Gasteiger partial charge in [0.1, 0.15) is 5.76 Å². The molecule has 0 unspecified atom stereocenters. The Morgan fingerprint density at radius 2 is 2.09 bits per heavy atom. The van der Waals surface area contributed by atoms with E-state index >= 15 is 0 Å². The third-order valence-electron chi connectivity index (χ3n) is 3.00. The molecule has 0 bridgehead atoms. The monoisotopic (exact) mass is 303 g/mol. The Kier molecular flexibility index (Phi) is 4.77. The van der Waals surface area contributed by atoms with E-state index in [-0.39, 0.29) is 12.5 Å². The molecule has 7 nitrogen and oxygen atoms in total. The maximum absolute atomic E-state index is 11.9. The van der Waals surface area contributed by atoms with E-state index < -0.39 is 5.97 Å². The van der Waals surface area contributed by atoms with Crippen molar-refractivity contribution in [2.75, 3.05) is 24.3 Å². The molecule has 0 radical (unpaired) electrons.